The lowest BCUT2D eigenvalue weighted by Gasteiger charge is -2.13. The molecule has 1 saturated heterocycles. The van der Waals surface area contributed by atoms with Gasteiger partial charge in [0.15, 0.2) is 0 Å². The second-order valence-corrected chi connectivity index (χ2v) is 6.92. The third kappa shape index (κ3) is 4.36. The van der Waals surface area contributed by atoms with E-state index in [1.807, 2.05) is 13.8 Å². The molecule has 0 radical (unpaired) electrons. The van der Waals surface area contributed by atoms with Crippen LogP contribution in [0.1, 0.15) is 25.0 Å². The first-order chi connectivity index (χ1) is 13.5. The molecule has 28 heavy (non-hydrogen) atoms. The van der Waals surface area contributed by atoms with Crippen LogP contribution in [0.5, 0.6) is 11.5 Å². The van der Waals surface area contributed by atoms with Crippen molar-refractivity contribution in [1.29, 1.82) is 0 Å². The van der Waals surface area contributed by atoms with Crippen LogP contribution in [0, 0.1) is 5.82 Å². The van der Waals surface area contributed by atoms with Gasteiger partial charge in [-0.15, -0.1) is 0 Å². The highest BCUT2D eigenvalue weighted by Gasteiger charge is 2.35. The number of imide groups is 1. The Bertz CT molecular complexity index is 928. The molecule has 2 amide bonds. The number of ether oxygens (including phenoxy) is 2. The van der Waals surface area contributed by atoms with Crippen molar-refractivity contribution in [3.63, 3.8) is 0 Å². The molecule has 0 saturated carbocycles. The molecule has 0 atom stereocenters. The number of halogens is 1. The third-order valence-corrected chi connectivity index (χ3v) is 4.95. The van der Waals surface area contributed by atoms with Gasteiger partial charge in [0.25, 0.3) is 11.1 Å². The van der Waals surface area contributed by atoms with Crippen LogP contribution >= 0.6 is 11.8 Å². The van der Waals surface area contributed by atoms with E-state index in [9.17, 15) is 14.0 Å². The molecule has 2 aromatic carbocycles. The van der Waals surface area contributed by atoms with Crippen molar-refractivity contribution < 1.29 is 23.5 Å². The van der Waals surface area contributed by atoms with Crippen molar-refractivity contribution in [2.45, 2.75) is 20.4 Å². The number of hydrogen-bond acceptors (Lipinski definition) is 5. The summed E-state index contributed by atoms with van der Waals surface area (Å²) in [7, 11) is 0. The van der Waals surface area contributed by atoms with Gasteiger partial charge >= 0.3 is 0 Å². The van der Waals surface area contributed by atoms with E-state index in [1.165, 1.54) is 6.07 Å². The monoisotopic (exact) mass is 401 g/mol. The van der Waals surface area contributed by atoms with Crippen molar-refractivity contribution >= 4 is 29.0 Å². The molecule has 2 aromatic rings. The Morgan fingerprint density at radius 1 is 1.07 bits per heavy atom. The highest BCUT2D eigenvalue weighted by atomic mass is 32.2. The molecule has 0 aromatic heterocycles. The summed E-state index contributed by atoms with van der Waals surface area (Å²) in [5.41, 5.74) is 0.962. The van der Waals surface area contributed by atoms with Crippen molar-refractivity contribution in [3.05, 3.63) is 64.3 Å². The van der Waals surface area contributed by atoms with Gasteiger partial charge in [-0.2, -0.15) is 0 Å². The quantitative estimate of drug-likeness (QED) is 0.620. The fourth-order valence-electron chi connectivity index (χ4n) is 2.75. The number of carbonyl (C=O) groups is 2. The Morgan fingerprint density at radius 3 is 2.54 bits per heavy atom. The second-order valence-electron chi connectivity index (χ2n) is 5.92. The number of hydrogen-bond donors (Lipinski definition) is 0. The van der Waals surface area contributed by atoms with E-state index in [2.05, 4.69) is 0 Å². The minimum Gasteiger partial charge on any atom is -0.494 e. The normalized spacial score (nSPS) is 15.4. The first-order valence-corrected chi connectivity index (χ1v) is 9.73. The lowest BCUT2D eigenvalue weighted by molar-refractivity contribution is -0.123. The predicted molar refractivity (Wildman–Crippen MR) is 107 cm³/mol. The minimum absolute atomic E-state index is 0.101. The lowest BCUT2D eigenvalue weighted by atomic mass is 10.1. The lowest BCUT2D eigenvalue weighted by Crippen LogP contribution is -2.27. The zero-order valence-corrected chi connectivity index (χ0v) is 16.4. The number of carbonyl (C=O) groups excluding carboxylic acids is 2. The molecular formula is C21H20FNO4S. The molecule has 5 nitrogen and oxygen atoms in total. The maximum Gasteiger partial charge on any atom is 0.293 e. The third-order valence-electron chi connectivity index (χ3n) is 4.04. The molecule has 1 aliphatic rings. The van der Waals surface area contributed by atoms with E-state index >= 15 is 0 Å². The molecule has 1 fully saturated rings. The van der Waals surface area contributed by atoms with E-state index in [1.54, 1.807) is 42.5 Å². The molecule has 1 heterocycles. The molecule has 1 aliphatic heterocycles. The minimum atomic E-state index is -0.449. The van der Waals surface area contributed by atoms with E-state index < -0.39 is 17.0 Å². The average molecular weight is 401 g/mol. The standard InChI is InChI=1S/C21H20FNO4S/c1-3-26-16-10-9-14(18(12-16)27-4-2)11-19-20(24)23(21(25)28-19)13-15-7-5-6-8-17(15)22/h5-12H,3-4,13H2,1-2H3/b19-11+. The van der Waals surface area contributed by atoms with Crippen LogP contribution in [0.2, 0.25) is 0 Å². The van der Waals surface area contributed by atoms with Crippen LogP contribution in [0.25, 0.3) is 6.08 Å². The molecule has 0 unspecified atom stereocenters. The fourth-order valence-corrected chi connectivity index (χ4v) is 3.57. The molecule has 3 rings (SSSR count). The molecule has 0 aliphatic carbocycles. The van der Waals surface area contributed by atoms with Crippen molar-refractivity contribution in [3.8, 4) is 11.5 Å². The van der Waals surface area contributed by atoms with Gasteiger partial charge in [0.1, 0.15) is 17.3 Å². The van der Waals surface area contributed by atoms with E-state index in [0.717, 1.165) is 16.7 Å². The average Bonchev–Trinajstić information content (AvgIpc) is 2.93. The van der Waals surface area contributed by atoms with Gasteiger partial charge in [-0.25, -0.2) is 4.39 Å². The zero-order chi connectivity index (χ0) is 20.1. The number of thioether (sulfide) groups is 1. The van der Waals surface area contributed by atoms with Crippen LogP contribution in [0.4, 0.5) is 9.18 Å². The van der Waals surface area contributed by atoms with E-state index in [0.29, 0.717) is 35.8 Å². The molecule has 0 bridgehead atoms. The highest BCUT2D eigenvalue weighted by Crippen LogP contribution is 2.36. The van der Waals surface area contributed by atoms with Crippen LogP contribution in [0.3, 0.4) is 0 Å². The Labute approximate surface area is 167 Å². The smallest absolute Gasteiger partial charge is 0.293 e. The zero-order valence-electron chi connectivity index (χ0n) is 15.6. The van der Waals surface area contributed by atoms with Gasteiger partial charge in [-0.1, -0.05) is 18.2 Å². The number of nitrogens with zero attached hydrogens (tertiary/aromatic N) is 1. The maximum absolute atomic E-state index is 13.9. The molecule has 146 valence electrons. The van der Waals surface area contributed by atoms with Gasteiger partial charge in [-0.3, -0.25) is 14.5 Å². The summed E-state index contributed by atoms with van der Waals surface area (Å²) in [5.74, 6) is 0.329. The van der Waals surface area contributed by atoms with Crippen LogP contribution in [-0.2, 0) is 11.3 Å². The van der Waals surface area contributed by atoms with Crippen LogP contribution in [-0.4, -0.2) is 29.3 Å². The van der Waals surface area contributed by atoms with Gasteiger partial charge in [-0.05, 0) is 49.9 Å². The van der Waals surface area contributed by atoms with E-state index in [-0.39, 0.29) is 11.4 Å². The number of amides is 2. The van der Waals surface area contributed by atoms with Crippen molar-refractivity contribution in [2.24, 2.45) is 0 Å². The first kappa shape index (κ1) is 19.9. The van der Waals surface area contributed by atoms with Crippen LogP contribution < -0.4 is 9.47 Å². The SMILES string of the molecule is CCOc1ccc(/C=C2/SC(=O)N(Cc3ccccc3F)C2=O)c(OCC)c1. The summed E-state index contributed by atoms with van der Waals surface area (Å²) in [6, 6.07) is 11.4. The molecule has 0 N–H and O–H groups in total. The summed E-state index contributed by atoms with van der Waals surface area (Å²) in [5, 5.41) is -0.427. The Morgan fingerprint density at radius 2 is 1.82 bits per heavy atom. The van der Waals surface area contributed by atoms with Crippen LogP contribution in [0.15, 0.2) is 47.4 Å². The Balaban J connectivity index is 1.86. The fraction of sp³-hybridized carbons (Fsp3) is 0.238. The van der Waals surface area contributed by atoms with Gasteiger partial charge in [0, 0.05) is 17.2 Å². The summed E-state index contributed by atoms with van der Waals surface area (Å²) in [6.45, 7) is 4.63. The first-order valence-electron chi connectivity index (χ1n) is 8.92. The topological polar surface area (TPSA) is 55.8 Å². The van der Waals surface area contributed by atoms with Crippen molar-refractivity contribution in [1.82, 2.24) is 4.90 Å². The predicted octanol–water partition coefficient (Wildman–Crippen LogP) is 4.86. The molecule has 0 spiro atoms. The number of rotatable bonds is 7. The summed E-state index contributed by atoms with van der Waals surface area (Å²) < 4.78 is 25.0. The second kappa shape index (κ2) is 8.93. The summed E-state index contributed by atoms with van der Waals surface area (Å²) in [6.07, 6.45) is 1.62. The maximum atomic E-state index is 13.9. The van der Waals surface area contributed by atoms with E-state index in [4.69, 9.17) is 9.47 Å². The van der Waals surface area contributed by atoms with Crippen molar-refractivity contribution in [2.75, 3.05) is 13.2 Å². The summed E-state index contributed by atoms with van der Waals surface area (Å²) >= 11 is 0.832. The van der Waals surface area contributed by atoms with Gasteiger partial charge < -0.3 is 9.47 Å². The van der Waals surface area contributed by atoms with Gasteiger partial charge in [0.05, 0.1) is 24.7 Å². The highest BCUT2D eigenvalue weighted by molar-refractivity contribution is 8.18. The molecule has 7 heteroatoms. The number of benzene rings is 2. The molecular weight excluding hydrogens is 381 g/mol. The van der Waals surface area contributed by atoms with Gasteiger partial charge in [0.2, 0.25) is 0 Å². The Hall–Kier alpha value is -2.80. The largest absolute Gasteiger partial charge is 0.494 e. The Kier molecular flexibility index (Phi) is 6.36. The summed E-state index contributed by atoms with van der Waals surface area (Å²) in [4.78, 5) is 26.3.